The van der Waals surface area contributed by atoms with Crippen molar-refractivity contribution < 1.29 is 48.4 Å². The summed E-state index contributed by atoms with van der Waals surface area (Å²) in [5, 5.41) is 10.6. The van der Waals surface area contributed by atoms with Crippen LogP contribution >= 0.6 is 0 Å². The van der Waals surface area contributed by atoms with Crippen LogP contribution in [0.5, 0.6) is 0 Å². The van der Waals surface area contributed by atoms with Gasteiger partial charge in [0.15, 0.2) is 23.8 Å². The highest BCUT2D eigenvalue weighted by Crippen LogP contribution is 2.63. The summed E-state index contributed by atoms with van der Waals surface area (Å²) in [5.41, 5.74) is -1.30. The molecule has 0 aromatic rings. The summed E-state index contributed by atoms with van der Waals surface area (Å²) < 4.78 is 26.7. The molecule has 0 aromatic carbocycles. The average molecular weight is 621 g/mol. The molecule has 10 fully saturated rings. The molecule has 4 bridgehead atoms. The number of aliphatic carboxylic acids is 1. The molecule has 10 rings (SSSR count). The van der Waals surface area contributed by atoms with Crippen LogP contribution in [0.15, 0.2) is 0 Å². The van der Waals surface area contributed by atoms with Crippen LogP contribution in [0.3, 0.4) is 0 Å². The van der Waals surface area contributed by atoms with E-state index in [1.807, 2.05) is 13.8 Å². The van der Waals surface area contributed by atoms with Crippen molar-refractivity contribution in [2.45, 2.75) is 153 Å². The van der Waals surface area contributed by atoms with Gasteiger partial charge in [0.05, 0.1) is 18.1 Å². The molecular weight excluding hydrogens is 568 g/mol. The molecule has 1 N–H and O–H groups in total. The zero-order valence-electron chi connectivity index (χ0n) is 27.2. The molecule has 10 aliphatic rings. The largest absolute Gasteiger partial charge is 0.481 e. The quantitative estimate of drug-likeness (QED) is 0.369. The van der Waals surface area contributed by atoms with Gasteiger partial charge in [0.2, 0.25) is 11.6 Å². The van der Waals surface area contributed by atoms with Crippen LogP contribution in [-0.4, -0.2) is 58.6 Å². The second kappa shape index (κ2) is 10.3. The zero-order chi connectivity index (χ0) is 30.8. The highest BCUT2D eigenvalue weighted by molar-refractivity contribution is 5.70. The lowest BCUT2D eigenvalue weighted by Crippen LogP contribution is -2.70. The molecule has 2 aliphatic carbocycles. The molecule has 0 aromatic heterocycles. The van der Waals surface area contributed by atoms with Crippen molar-refractivity contribution in [2.75, 3.05) is 0 Å². The Morgan fingerprint density at radius 3 is 1.50 bits per heavy atom. The first kappa shape index (κ1) is 30.5. The van der Waals surface area contributed by atoms with Crippen LogP contribution < -0.4 is 0 Å². The summed E-state index contributed by atoms with van der Waals surface area (Å²) in [4.78, 5) is 37.5. The van der Waals surface area contributed by atoms with Crippen molar-refractivity contribution in [2.24, 2.45) is 53.3 Å². The van der Waals surface area contributed by atoms with Gasteiger partial charge in [-0.2, -0.15) is 0 Å². The molecule has 8 saturated heterocycles. The third-order valence-electron chi connectivity index (χ3n) is 14.0. The van der Waals surface area contributed by atoms with Crippen molar-refractivity contribution in [1.29, 1.82) is 0 Å². The number of hydrogen-bond donors (Lipinski definition) is 1. The third kappa shape index (κ3) is 4.24. The molecule has 3 unspecified atom stereocenters. The van der Waals surface area contributed by atoms with Gasteiger partial charge in [0, 0.05) is 24.7 Å². The van der Waals surface area contributed by atoms with Crippen LogP contribution in [0.4, 0.5) is 0 Å². The molecule has 17 atom stereocenters. The Labute approximate surface area is 260 Å². The molecule has 0 radical (unpaired) electrons. The number of fused-ring (bicyclic) bond motifs is 4. The van der Waals surface area contributed by atoms with Gasteiger partial charge in [0.25, 0.3) is 0 Å². The molecule has 44 heavy (non-hydrogen) atoms. The summed E-state index contributed by atoms with van der Waals surface area (Å²) in [7, 11) is 0. The summed E-state index contributed by atoms with van der Waals surface area (Å²) in [5.74, 6) is -1.11. The van der Waals surface area contributed by atoms with E-state index >= 15 is 0 Å². The van der Waals surface area contributed by atoms with Crippen molar-refractivity contribution in [3.8, 4) is 0 Å². The standard InChI is InChI=1S/C34H52O10/c1-17-7-9-24-19(3)26(37-29-33(24)22(17)11-13-31(5,39-29)41-43-33)15-21(28(35)36)16-27-20(4)25-10-8-18(2)23-12-14-32(6)40-30(38-27)34(23,25)44-42-32/h17-27,29-30H,7-16H2,1-6H3,(H,35,36)/t17-,18+,19-,20+,21?,22+,23-,24+,25-,26?,27?,29+,30-,31-,32+,33-,34+. The topological polar surface area (TPSA) is 111 Å². The molecule has 10 heteroatoms. The number of carboxylic acid groups (broad SMARTS) is 1. The van der Waals surface area contributed by atoms with Crippen LogP contribution in [0.1, 0.15) is 106 Å². The Morgan fingerprint density at radius 2 is 1.09 bits per heavy atom. The van der Waals surface area contributed by atoms with Gasteiger partial charge >= 0.3 is 5.97 Å². The van der Waals surface area contributed by atoms with Crippen LogP contribution in [-0.2, 0) is 43.3 Å². The fraction of sp³-hybridized carbons (Fsp3) is 0.971. The summed E-state index contributed by atoms with van der Waals surface area (Å²) in [6.45, 7) is 12.9. The van der Waals surface area contributed by atoms with E-state index in [9.17, 15) is 9.90 Å². The smallest absolute Gasteiger partial charge is 0.306 e. The van der Waals surface area contributed by atoms with Gasteiger partial charge in [-0.1, -0.05) is 27.7 Å². The first-order chi connectivity index (χ1) is 20.9. The number of hydrogen-bond acceptors (Lipinski definition) is 9. The molecule has 248 valence electrons. The highest BCUT2D eigenvalue weighted by atomic mass is 17.3. The minimum Gasteiger partial charge on any atom is -0.481 e. The molecule has 2 spiro atoms. The predicted octanol–water partition coefficient (Wildman–Crippen LogP) is 5.97. The van der Waals surface area contributed by atoms with Gasteiger partial charge in [-0.15, -0.1) is 0 Å². The Morgan fingerprint density at radius 1 is 0.659 bits per heavy atom. The Hall–Kier alpha value is -0.850. The van der Waals surface area contributed by atoms with Crippen molar-refractivity contribution >= 4 is 5.97 Å². The number of carbonyl (C=O) groups is 1. The van der Waals surface area contributed by atoms with E-state index in [4.69, 9.17) is 38.5 Å². The molecule has 8 aliphatic heterocycles. The number of ether oxygens (including phenoxy) is 4. The van der Waals surface area contributed by atoms with Crippen molar-refractivity contribution in [3.05, 3.63) is 0 Å². The van der Waals surface area contributed by atoms with Crippen LogP contribution in [0.2, 0.25) is 0 Å². The fourth-order valence-electron chi connectivity index (χ4n) is 11.4. The summed E-state index contributed by atoms with van der Waals surface area (Å²) in [6, 6.07) is 0. The van der Waals surface area contributed by atoms with Gasteiger partial charge in [-0.3, -0.25) is 4.79 Å². The third-order valence-corrected chi connectivity index (χ3v) is 14.0. The first-order valence-corrected chi connectivity index (χ1v) is 17.5. The SMILES string of the molecule is C[C@@H]1CC[C@H]2[C@@H](C)C(CC(CC3O[C@@H]4O[C@]5(C)CC[C@@H]6[C@@H](C)CC[C@H]([C@@H]3C)[C@]46OO5)C(=O)O)O[C@H]3O[C@@]4(C)CC[C@@H]1[C@]32OO4. The van der Waals surface area contributed by atoms with Gasteiger partial charge < -0.3 is 24.1 Å². The zero-order valence-corrected chi connectivity index (χ0v) is 27.2. The van der Waals surface area contributed by atoms with E-state index in [1.54, 1.807) is 0 Å². The van der Waals surface area contributed by atoms with Gasteiger partial charge in [-0.05, 0) is 101 Å². The molecular formula is C34H52O10. The van der Waals surface area contributed by atoms with Crippen LogP contribution in [0, 0.1) is 53.3 Å². The van der Waals surface area contributed by atoms with Crippen molar-refractivity contribution in [3.63, 3.8) is 0 Å². The lowest BCUT2D eigenvalue weighted by molar-refractivity contribution is -0.571. The predicted molar refractivity (Wildman–Crippen MR) is 154 cm³/mol. The molecule has 0 amide bonds. The number of rotatable bonds is 5. The molecule has 2 saturated carbocycles. The minimum absolute atomic E-state index is 0.0951. The second-order valence-electron chi connectivity index (χ2n) is 16.4. The van der Waals surface area contributed by atoms with E-state index < -0.39 is 47.2 Å². The normalized spacial score (nSPS) is 58.3. The molecule has 10 nitrogen and oxygen atoms in total. The number of carboxylic acids is 1. The average Bonchev–Trinajstić information content (AvgIpc) is 3.35. The maximum atomic E-state index is 12.9. The van der Waals surface area contributed by atoms with Gasteiger partial charge in [0.1, 0.15) is 0 Å². The second-order valence-corrected chi connectivity index (χ2v) is 16.4. The maximum absolute atomic E-state index is 12.9. The Bertz CT molecular complexity index is 1070. The van der Waals surface area contributed by atoms with E-state index in [0.29, 0.717) is 24.7 Å². The lowest BCUT2D eigenvalue weighted by atomic mass is 9.56. The fourth-order valence-corrected chi connectivity index (χ4v) is 11.4. The van der Waals surface area contributed by atoms with E-state index in [2.05, 4.69) is 27.7 Å². The minimum atomic E-state index is -0.855. The van der Waals surface area contributed by atoms with Gasteiger partial charge in [-0.25, -0.2) is 19.6 Å². The Kier molecular flexibility index (Phi) is 7.15. The monoisotopic (exact) mass is 620 g/mol. The highest BCUT2D eigenvalue weighted by Gasteiger charge is 2.71. The lowest BCUT2D eigenvalue weighted by Gasteiger charge is -2.61. The summed E-state index contributed by atoms with van der Waals surface area (Å²) >= 11 is 0. The maximum Gasteiger partial charge on any atom is 0.306 e. The Balaban J connectivity index is 1.04. The van der Waals surface area contributed by atoms with E-state index in [1.165, 1.54) is 0 Å². The first-order valence-electron chi connectivity index (χ1n) is 17.5. The van der Waals surface area contributed by atoms with E-state index in [-0.39, 0.29) is 47.7 Å². The van der Waals surface area contributed by atoms with Crippen molar-refractivity contribution in [1.82, 2.24) is 0 Å². The van der Waals surface area contributed by atoms with Crippen LogP contribution in [0.25, 0.3) is 0 Å². The molecule has 8 heterocycles. The van der Waals surface area contributed by atoms with E-state index in [0.717, 1.165) is 51.4 Å². The summed E-state index contributed by atoms with van der Waals surface area (Å²) in [6.07, 6.45) is 6.75.